The summed E-state index contributed by atoms with van der Waals surface area (Å²) in [6.45, 7) is 2.58. The maximum atomic E-state index is 12.7. The molecule has 1 fully saturated rings. The highest BCUT2D eigenvalue weighted by Gasteiger charge is 2.18. The molecule has 3 heterocycles. The van der Waals surface area contributed by atoms with Crippen molar-refractivity contribution in [2.75, 3.05) is 36.5 Å². The fourth-order valence-electron chi connectivity index (χ4n) is 2.74. The van der Waals surface area contributed by atoms with Gasteiger partial charge in [0.2, 0.25) is 5.91 Å². The summed E-state index contributed by atoms with van der Waals surface area (Å²) in [5.74, 6) is -0.357. The molecule has 4 rings (SSSR count). The number of fused-ring (bicyclic) bond motifs is 1. The third kappa shape index (κ3) is 3.80. The number of halogens is 1. The van der Waals surface area contributed by atoms with Crippen LogP contribution in [0.5, 0.6) is 0 Å². The number of hydrogen-bond donors (Lipinski definition) is 1. The molecule has 27 heavy (non-hydrogen) atoms. The van der Waals surface area contributed by atoms with E-state index in [1.165, 1.54) is 22.2 Å². The number of para-hydroxylation sites is 1. The Morgan fingerprint density at radius 1 is 1.30 bits per heavy atom. The van der Waals surface area contributed by atoms with Crippen LogP contribution in [0.15, 0.2) is 35.4 Å². The van der Waals surface area contributed by atoms with Gasteiger partial charge in [-0.2, -0.15) is 4.98 Å². The Kier molecular flexibility index (Phi) is 5.06. The lowest BCUT2D eigenvalue weighted by atomic mass is 10.3. The number of benzene rings is 1. The van der Waals surface area contributed by atoms with Crippen LogP contribution in [0, 0.1) is 0 Å². The fourth-order valence-corrected chi connectivity index (χ4v) is 3.95. The first kappa shape index (κ1) is 17.9. The number of ether oxygens (including phenoxy) is 1. The standard InChI is InChI=1S/C17H16ClN5O3S/c18-11-3-1-2-4-12(11)20-13(24)9-23-10-19-15-14(16(23)25)27-17(21-15)22-5-7-26-8-6-22/h1-4,10H,5-9H2,(H,20,24). The van der Waals surface area contributed by atoms with Crippen molar-refractivity contribution in [3.63, 3.8) is 0 Å². The molecule has 8 nitrogen and oxygen atoms in total. The molecule has 0 radical (unpaired) electrons. The number of carbonyl (C=O) groups excluding carboxylic acids is 1. The second-order valence-corrected chi connectivity index (χ2v) is 7.34. The molecule has 0 spiro atoms. The smallest absolute Gasteiger partial charge is 0.273 e. The minimum atomic E-state index is -0.357. The lowest BCUT2D eigenvalue weighted by molar-refractivity contribution is -0.116. The topological polar surface area (TPSA) is 89.3 Å². The highest BCUT2D eigenvalue weighted by atomic mass is 35.5. The number of rotatable bonds is 4. The number of hydrogen-bond acceptors (Lipinski definition) is 7. The Balaban J connectivity index is 1.55. The van der Waals surface area contributed by atoms with E-state index in [0.29, 0.717) is 34.3 Å². The normalized spacial score (nSPS) is 14.5. The molecular formula is C17H16ClN5O3S. The molecule has 10 heteroatoms. The Morgan fingerprint density at radius 3 is 2.85 bits per heavy atom. The van der Waals surface area contributed by atoms with E-state index in [-0.39, 0.29) is 18.0 Å². The van der Waals surface area contributed by atoms with E-state index < -0.39 is 0 Å². The van der Waals surface area contributed by atoms with Crippen molar-refractivity contribution >= 4 is 50.0 Å². The van der Waals surface area contributed by atoms with Crippen LogP contribution in [-0.4, -0.2) is 46.7 Å². The van der Waals surface area contributed by atoms with E-state index in [2.05, 4.69) is 20.2 Å². The van der Waals surface area contributed by atoms with E-state index in [4.69, 9.17) is 16.3 Å². The predicted octanol–water partition coefficient (Wildman–Crippen LogP) is 1.98. The second kappa shape index (κ2) is 7.63. The molecule has 1 aliphatic heterocycles. The number of anilines is 2. The van der Waals surface area contributed by atoms with Gasteiger partial charge in [-0.15, -0.1) is 0 Å². The molecular weight excluding hydrogens is 390 g/mol. The van der Waals surface area contributed by atoms with Crippen molar-refractivity contribution < 1.29 is 9.53 Å². The molecule has 0 bridgehead atoms. The van der Waals surface area contributed by atoms with Gasteiger partial charge in [0.15, 0.2) is 10.8 Å². The van der Waals surface area contributed by atoms with Crippen LogP contribution in [0.4, 0.5) is 10.8 Å². The highest BCUT2D eigenvalue weighted by molar-refractivity contribution is 7.22. The molecule has 1 aliphatic rings. The van der Waals surface area contributed by atoms with Crippen LogP contribution < -0.4 is 15.8 Å². The van der Waals surface area contributed by atoms with Gasteiger partial charge in [-0.25, -0.2) is 4.98 Å². The van der Waals surface area contributed by atoms with Gasteiger partial charge in [-0.3, -0.25) is 14.2 Å². The number of nitrogens with zero attached hydrogens (tertiary/aromatic N) is 4. The number of aromatic nitrogens is 3. The molecule has 0 atom stereocenters. The average molecular weight is 406 g/mol. The highest BCUT2D eigenvalue weighted by Crippen LogP contribution is 2.26. The predicted molar refractivity (Wildman–Crippen MR) is 105 cm³/mol. The van der Waals surface area contributed by atoms with Crippen LogP contribution in [0.3, 0.4) is 0 Å². The van der Waals surface area contributed by atoms with Crippen LogP contribution in [0.25, 0.3) is 10.3 Å². The summed E-state index contributed by atoms with van der Waals surface area (Å²) >= 11 is 7.33. The lowest BCUT2D eigenvalue weighted by Crippen LogP contribution is -2.36. The minimum absolute atomic E-state index is 0.155. The molecule has 3 aromatic rings. The largest absolute Gasteiger partial charge is 0.378 e. The molecule has 1 saturated heterocycles. The summed E-state index contributed by atoms with van der Waals surface area (Å²) in [4.78, 5) is 35.8. The number of thiazole rings is 1. The summed E-state index contributed by atoms with van der Waals surface area (Å²) in [6, 6.07) is 6.92. The third-order valence-corrected chi connectivity index (χ3v) is 5.54. The zero-order valence-corrected chi connectivity index (χ0v) is 15.8. The van der Waals surface area contributed by atoms with Gasteiger partial charge in [0.05, 0.1) is 23.9 Å². The van der Waals surface area contributed by atoms with Gasteiger partial charge in [-0.1, -0.05) is 35.1 Å². The first-order chi connectivity index (χ1) is 13.1. The van der Waals surface area contributed by atoms with Crippen molar-refractivity contribution in [1.29, 1.82) is 0 Å². The average Bonchev–Trinajstić information content (AvgIpc) is 3.12. The van der Waals surface area contributed by atoms with E-state index in [9.17, 15) is 9.59 Å². The maximum absolute atomic E-state index is 12.7. The van der Waals surface area contributed by atoms with Crippen molar-refractivity contribution in [1.82, 2.24) is 14.5 Å². The van der Waals surface area contributed by atoms with Gasteiger partial charge in [0.25, 0.3) is 5.56 Å². The van der Waals surface area contributed by atoms with Gasteiger partial charge in [0.1, 0.15) is 17.6 Å². The summed E-state index contributed by atoms with van der Waals surface area (Å²) in [7, 11) is 0. The third-order valence-electron chi connectivity index (χ3n) is 4.12. The summed E-state index contributed by atoms with van der Waals surface area (Å²) in [5, 5.41) is 3.88. The summed E-state index contributed by atoms with van der Waals surface area (Å²) in [5.41, 5.74) is 0.610. The number of morpholine rings is 1. The van der Waals surface area contributed by atoms with Crippen LogP contribution >= 0.6 is 22.9 Å². The Labute approximate surface area is 163 Å². The zero-order chi connectivity index (χ0) is 18.8. The Bertz CT molecular complexity index is 1040. The van der Waals surface area contributed by atoms with Crippen molar-refractivity contribution in [2.24, 2.45) is 0 Å². The SMILES string of the molecule is O=C(Cn1cnc2nc(N3CCOCC3)sc2c1=O)Nc1ccccc1Cl. The molecule has 0 saturated carbocycles. The van der Waals surface area contributed by atoms with Gasteiger partial charge in [0, 0.05) is 13.1 Å². The molecule has 1 amide bonds. The van der Waals surface area contributed by atoms with Gasteiger partial charge >= 0.3 is 0 Å². The Morgan fingerprint density at radius 2 is 2.07 bits per heavy atom. The van der Waals surface area contributed by atoms with E-state index in [0.717, 1.165) is 18.2 Å². The van der Waals surface area contributed by atoms with Crippen LogP contribution in [0.2, 0.25) is 5.02 Å². The van der Waals surface area contributed by atoms with E-state index in [1.54, 1.807) is 24.3 Å². The molecule has 0 aliphatic carbocycles. The van der Waals surface area contributed by atoms with Gasteiger partial charge in [-0.05, 0) is 12.1 Å². The second-order valence-electron chi connectivity index (χ2n) is 5.95. The molecule has 1 aromatic carbocycles. The molecule has 2 aromatic heterocycles. The van der Waals surface area contributed by atoms with Gasteiger partial charge < -0.3 is 15.0 Å². The van der Waals surface area contributed by atoms with Crippen LogP contribution in [0.1, 0.15) is 0 Å². The first-order valence-corrected chi connectivity index (χ1v) is 9.54. The van der Waals surface area contributed by atoms with E-state index >= 15 is 0 Å². The quantitative estimate of drug-likeness (QED) is 0.714. The van der Waals surface area contributed by atoms with Crippen LogP contribution in [-0.2, 0) is 16.1 Å². The fraction of sp³-hybridized carbons (Fsp3) is 0.294. The molecule has 1 N–H and O–H groups in total. The number of nitrogens with one attached hydrogen (secondary N) is 1. The van der Waals surface area contributed by atoms with Crippen molar-refractivity contribution in [2.45, 2.75) is 6.54 Å². The summed E-state index contributed by atoms with van der Waals surface area (Å²) < 4.78 is 7.05. The zero-order valence-electron chi connectivity index (χ0n) is 14.2. The summed E-state index contributed by atoms with van der Waals surface area (Å²) in [6.07, 6.45) is 1.35. The number of carbonyl (C=O) groups is 1. The van der Waals surface area contributed by atoms with Crippen molar-refractivity contribution in [3.05, 3.63) is 46.0 Å². The monoisotopic (exact) mass is 405 g/mol. The maximum Gasteiger partial charge on any atom is 0.273 e. The molecule has 0 unspecified atom stereocenters. The number of amides is 1. The van der Waals surface area contributed by atoms with Crippen molar-refractivity contribution in [3.8, 4) is 0 Å². The lowest BCUT2D eigenvalue weighted by Gasteiger charge is -2.25. The first-order valence-electron chi connectivity index (χ1n) is 8.35. The minimum Gasteiger partial charge on any atom is -0.378 e. The molecule has 140 valence electrons. The van der Waals surface area contributed by atoms with E-state index in [1.807, 2.05) is 0 Å². The Hall–Kier alpha value is -2.49.